The van der Waals surface area contributed by atoms with E-state index in [0.29, 0.717) is 0 Å². The Morgan fingerprint density at radius 2 is 2.17 bits per heavy atom. The minimum Gasteiger partial charge on any atom is -0.399 e. The van der Waals surface area contributed by atoms with Crippen LogP contribution < -0.4 is 5.73 Å². The van der Waals surface area contributed by atoms with Crippen molar-refractivity contribution in [2.45, 2.75) is 45.7 Å². The third kappa shape index (κ3) is 4.18. The molecule has 0 radical (unpaired) electrons. The molecule has 0 spiro atoms. The van der Waals surface area contributed by atoms with Crippen LogP contribution in [0.1, 0.15) is 38.7 Å². The molecule has 1 aliphatic heterocycles. The molecule has 1 aromatic carbocycles. The summed E-state index contributed by atoms with van der Waals surface area (Å²) < 4.78 is 0. The SMILES string of the molecule is CC(C)CC1CCCN1Cc1cccc(N)c1.Cl. The van der Waals surface area contributed by atoms with E-state index < -0.39 is 0 Å². The molecule has 0 aliphatic carbocycles. The second kappa shape index (κ2) is 7.01. The molecule has 1 heterocycles. The molecule has 2 nitrogen and oxygen atoms in total. The van der Waals surface area contributed by atoms with Crippen molar-refractivity contribution >= 4 is 18.1 Å². The summed E-state index contributed by atoms with van der Waals surface area (Å²) in [6, 6.07) is 9.07. The maximum Gasteiger partial charge on any atom is 0.0317 e. The van der Waals surface area contributed by atoms with Crippen LogP contribution in [-0.4, -0.2) is 17.5 Å². The standard InChI is InChI=1S/C15H24N2.ClH/c1-12(2)9-15-7-4-8-17(15)11-13-5-3-6-14(16)10-13;/h3,5-6,10,12,15H,4,7-9,11,16H2,1-2H3;1H. The molecule has 1 unspecified atom stereocenters. The lowest BCUT2D eigenvalue weighted by molar-refractivity contribution is 0.218. The van der Waals surface area contributed by atoms with Crippen molar-refractivity contribution in [3.63, 3.8) is 0 Å². The average molecular weight is 269 g/mol. The number of halogens is 1. The zero-order valence-corrected chi connectivity index (χ0v) is 12.2. The van der Waals surface area contributed by atoms with Crippen molar-refractivity contribution in [3.05, 3.63) is 29.8 Å². The fraction of sp³-hybridized carbons (Fsp3) is 0.600. The van der Waals surface area contributed by atoms with Crippen molar-refractivity contribution in [1.29, 1.82) is 0 Å². The van der Waals surface area contributed by atoms with Crippen LogP contribution in [0, 0.1) is 5.92 Å². The summed E-state index contributed by atoms with van der Waals surface area (Å²) in [4.78, 5) is 2.62. The number of hydrogen-bond acceptors (Lipinski definition) is 2. The molecular formula is C15H25ClN2. The lowest BCUT2D eigenvalue weighted by Crippen LogP contribution is -2.30. The summed E-state index contributed by atoms with van der Waals surface area (Å²) >= 11 is 0. The number of nitrogens with zero attached hydrogens (tertiary/aromatic N) is 1. The molecular weight excluding hydrogens is 244 g/mol. The Labute approximate surface area is 117 Å². The Balaban J connectivity index is 0.00000162. The number of anilines is 1. The highest BCUT2D eigenvalue weighted by molar-refractivity contribution is 5.85. The molecule has 102 valence electrons. The van der Waals surface area contributed by atoms with Crippen molar-refractivity contribution < 1.29 is 0 Å². The second-order valence-electron chi connectivity index (χ2n) is 5.64. The highest BCUT2D eigenvalue weighted by Crippen LogP contribution is 2.25. The van der Waals surface area contributed by atoms with E-state index in [1.54, 1.807) is 0 Å². The minimum atomic E-state index is 0. The molecule has 3 heteroatoms. The average Bonchev–Trinajstić information content (AvgIpc) is 2.65. The fourth-order valence-electron chi connectivity index (χ4n) is 2.84. The lowest BCUT2D eigenvalue weighted by atomic mass is 10.0. The number of hydrogen-bond donors (Lipinski definition) is 1. The first kappa shape index (κ1) is 15.3. The Kier molecular flexibility index (Phi) is 5.97. The highest BCUT2D eigenvalue weighted by Gasteiger charge is 2.24. The van der Waals surface area contributed by atoms with Gasteiger partial charge >= 0.3 is 0 Å². The van der Waals surface area contributed by atoms with Gasteiger partial charge in [-0.3, -0.25) is 4.90 Å². The number of likely N-dealkylation sites (tertiary alicyclic amines) is 1. The number of nitrogen functional groups attached to an aromatic ring is 1. The Bertz CT molecular complexity index is 365. The van der Waals surface area contributed by atoms with Crippen molar-refractivity contribution in [3.8, 4) is 0 Å². The quantitative estimate of drug-likeness (QED) is 0.844. The number of rotatable bonds is 4. The van der Waals surface area contributed by atoms with Crippen LogP contribution >= 0.6 is 12.4 Å². The van der Waals surface area contributed by atoms with Gasteiger partial charge in [0.25, 0.3) is 0 Å². The lowest BCUT2D eigenvalue weighted by Gasteiger charge is -2.26. The van der Waals surface area contributed by atoms with E-state index in [1.807, 2.05) is 6.07 Å². The van der Waals surface area contributed by atoms with Gasteiger partial charge in [-0.05, 0) is 49.4 Å². The summed E-state index contributed by atoms with van der Waals surface area (Å²) in [5.74, 6) is 0.793. The highest BCUT2D eigenvalue weighted by atomic mass is 35.5. The largest absolute Gasteiger partial charge is 0.399 e. The Morgan fingerprint density at radius 1 is 1.39 bits per heavy atom. The van der Waals surface area contributed by atoms with Crippen molar-refractivity contribution in [1.82, 2.24) is 4.90 Å². The van der Waals surface area contributed by atoms with E-state index in [9.17, 15) is 0 Å². The summed E-state index contributed by atoms with van der Waals surface area (Å²) in [5, 5.41) is 0. The van der Waals surface area contributed by atoms with Crippen LogP contribution in [0.2, 0.25) is 0 Å². The van der Waals surface area contributed by atoms with Gasteiger partial charge in [0.2, 0.25) is 0 Å². The van der Waals surface area contributed by atoms with E-state index in [1.165, 1.54) is 31.4 Å². The second-order valence-corrected chi connectivity index (χ2v) is 5.64. The van der Waals surface area contributed by atoms with E-state index in [0.717, 1.165) is 24.2 Å². The minimum absolute atomic E-state index is 0. The van der Waals surface area contributed by atoms with Gasteiger partial charge in [0.15, 0.2) is 0 Å². The van der Waals surface area contributed by atoms with Crippen LogP contribution in [0.5, 0.6) is 0 Å². The zero-order valence-electron chi connectivity index (χ0n) is 11.4. The molecule has 1 fully saturated rings. The monoisotopic (exact) mass is 268 g/mol. The predicted octanol–water partition coefficient (Wildman–Crippen LogP) is 3.70. The first-order valence-electron chi connectivity index (χ1n) is 6.73. The van der Waals surface area contributed by atoms with Crippen LogP contribution in [-0.2, 0) is 6.54 Å². The van der Waals surface area contributed by atoms with Crippen LogP contribution in [0.15, 0.2) is 24.3 Å². The van der Waals surface area contributed by atoms with E-state index >= 15 is 0 Å². The Morgan fingerprint density at radius 3 is 2.83 bits per heavy atom. The van der Waals surface area contributed by atoms with Gasteiger partial charge in [-0.2, -0.15) is 0 Å². The molecule has 2 rings (SSSR count). The summed E-state index contributed by atoms with van der Waals surface area (Å²) in [6.45, 7) is 6.93. The zero-order chi connectivity index (χ0) is 12.3. The fourth-order valence-corrected chi connectivity index (χ4v) is 2.84. The maximum absolute atomic E-state index is 5.83. The molecule has 1 saturated heterocycles. The van der Waals surface area contributed by atoms with Gasteiger partial charge in [0, 0.05) is 18.3 Å². The summed E-state index contributed by atoms with van der Waals surface area (Å²) in [7, 11) is 0. The van der Waals surface area contributed by atoms with Crippen molar-refractivity contribution in [2.75, 3.05) is 12.3 Å². The van der Waals surface area contributed by atoms with E-state index in [2.05, 4.69) is 36.9 Å². The topological polar surface area (TPSA) is 29.3 Å². The molecule has 1 aromatic rings. The molecule has 0 bridgehead atoms. The van der Waals surface area contributed by atoms with Gasteiger partial charge in [-0.25, -0.2) is 0 Å². The summed E-state index contributed by atoms with van der Waals surface area (Å²) in [5.41, 5.74) is 8.05. The molecule has 1 atom stereocenters. The molecule has 1 aliphatic rings. The van der Waals surface area contributed by atoms with Crippen molar-refractivity contribution in [2.24, 2.45) is 5.92 Å². The molecule has 18 heavy (non-hydrogen) atoms. The summed E-state index contributed by atoms with van der Waals surface area (Å²) in [6.07, 6.45) is 4.03. The number of nitrogens with two attached hydrogens (primary N) is 1. The molecule has 0 amide bonds. The molecule has 0 aromatic heterocycles. The molecule has 2 N–H and O–H groups in total. The van der Waals surface area contributed by atoms with E-state index in [4.69, 9.17) is 5.73 Å². The van der Waals surface area contributed by atoms with Crippen LogP contribution in [0.25, 0.3) is 0 Å². The van der Waals surface area contributed by atoms with Gasteiger partial charge in [0.1, 0.15) is 0 Å². The first-order chi connectivity index (χ1) is 8.15. The van der Waals surface area contributed by atoms with Crippen LogP contribution in [0.3, 0.4) is 0 Å². The van der Waals surface area contributed by atoms with Gasteiger partial charge < -0.3 is 5.73 Å². The third-order valence-electron chi connectivity index (χ3n) is 3.58. The van der Waals surface area contributed by atoms with Gasteiger partial charge in [0.05, 0.1) is 0 Å². The molecule has 0 saturated carbocycles. The third-order valence-corrected chi connectivity index (χ3v) is 3.58. The first-order valence-corrected chi connectivity index (χ1v) is 6.73. The predicted molar refractivity (Wildman–Crippen MR) is 81.0 cm³/mol. The smallest absolute Gasteiger partial charge is 0.0317 e. The van der Waals surface area contributed by atoms with Gasteiger partial charge in [-0.1, -0.05) is 26.0 Å². The van der Waals surface area contributed by atoms with E-state index in [-0.39, 0.29) is 12.4 Å². The van der Waals surface area contributed by atoms with Crippen LogP contribution in [0.4, 0.5) is 5.69 Å². The van der Waals surface area contributed by atoms with Gasteiger partial charge in [-0.15, -0.1) is 12.4 Å². The Hall–Kier alpha value is -0.730. The normalized spacial score (nSPS) is 20.1. The number of benzene rings is 1. The maximum atomic E-state index is 5.83.